The van der Waals surface area contributed by atoms with E-state index in [1.54, 1.807) is 40.9 Å². The van der Waals surface area contributed by atoms with Crippen molar-refractivity contribution < 1.29 is 18.0 Å². The molecule has 1 saturated heterocycles. The SMILES string of the molecule is O=C(Cn1cccn1)N1CCC[C@@H](c2nc(-c3cccs3)cc(C(F)(F)F)n2)C1. The highest BCUT2D eigenvalue weighted by molar-refractivity contribution is 7.13. The van der Waals surface area contributed by atoms with E-state index in [9.17, 15) is 18.0 Å². The fraction of sp³-hybridized carbons (Fsp3) is 0.368. The van der Waals surface area contributed by atoms with Crippen molar-refractivity contribution in [1.82, 2.24) is 24.6 Å². The van der Waals surface area contributed by atoms with E-state index in [1.165, 1.54) is 16.0 Å². The van der Waals surface area contributed by atoms with Crippen LogP contribution in [-0.2, 0) is 17.5 Å². The van der Waals surface area contributed by atoms with E-state index in [4.69, 9.17) is 0 Å². The number of amides is 1. The molecule has 0 bridgehead atoms. The Bertz CT molecular complexity index is 972. The maximum Gasteiger partial charge on any atom is 0.433 e. The van der Waals surface area contributed by atoms with Crippen LogP contribution in [0.15, 0.2) is 42.0 Å². The molecule has 3 aromatic heterocycles. The Labute approximate surface area is 169 Å². The van der Waals surface area contributed by atoms with Crippen molar-refractivity contribution in [3.8, 4) is 10.6 Å². The van der Waals surface area contributed by atoms with Crippen LogP contribution < -0.4 is 0 Å². The third kappa shape index (κ3) is 4.47. The number of carbonyl (C=O) groups excluding carboxylic acids is 1. The summed E-state index contributed by atoms with van der Waals surface area (Å²) in [4.78, 5) is 23.1. The molecule has 10 heteroatoms. The second kappa shape index (κ2) is 7.94. The van der Waals surface area contributed by atoms with Crippen molar-refractivity contribution in [2.75, 3.05) is 13.1 Å². The van der Waals surface area contributed by atoms with Gasteiger partial charge in [-0.3, -0.25) is 9.48 Å². The average Bonchev–Trinajstić information content (AvgIpc) is 3.41. The Morgan fingerprint density at radius 1 is 1.28 bits per heavy atom. The van der Waals surface area contributed by atoms with Gasteiger partial charge in [-0.1, -0.05) is 6.07 Å². The number of alkyl halides is 3. The van der Waals surface area contributed by atoms with E-state index in [2.05, 4.69) is 15.1 Å². The molecule has 1 aliphatic heterocycles. The lowest BCUT2D eigenvalue weighted by Gasteiger charge is -2.32. The fourth-order valence-electron chi connectivity index (χ4n) is 3.39. The van der Waals surface area contributed by atoms with Crippen LogP contribution in [0.4, 0.5) is 13.2 Å². The molecule has 0 unspecified atom stereocenters. The van der Waals surface area contributed by atoms with Crippen LogP contribution in [0.2, 0.25) is 0 Å². The topological polar surface area (TPSA) is 63.9 Å². The van der Waals surface area contributed by atoms with Crippen LogP contribution in [0.5, 0.6) is 0 Å². The van der Waals surface area contributed by atoms with E-state index in [1.807, 2.05) is 0 Å². The molecule has 0 aromatic carbocycles. The Morgan fingerprint density at radius 2 is 2.14 bits per heavy atom. The zero-order valence-electron chi connectivity index (χ0n) is 15.3. The first-order valence-corrected chi connectivity index (χ1v) is 10.0. The van der Waals surface area contributed by atoms with E-state index in [0.29, 0.717) is 30.8 Å². The van der Waals surface area contributed by atoms with Gasteiger partial charge in [-0.15, -0.1) is 11.3 Å². The van der Waals surface area contributed by atoms with Crippen molar-refractivity contribution >= 4 is 17.2 Å². The number of nitrogens with zero attached hydrogens (tertiary/aromatic N) is 5. The van der Waals surface area contributed by atoms with Crippen LogP contribution in [0.3, 0.4) is 0 Å². The van der Waals surface area contributed by atoms with Crippen LogP contribution in [-0.4, -0.2) is 43.6 Å². The molecule has 4 heterocycles. The van der Waals surface area contributed by atoms with Gasteiger partial charge in [0.1, 0.15) is 18.1 Å². The summed E-state index contributed by atoms with van der Waals surface area (Å²) in [5.41, 5.74) is -0.691. The number of aromatic nitrogens is 4. The second-order valence-corrected chi connectivity index (χ2v) is 7.80. The van der Waals surface area contributed by atoms with Gasteiger partial charge in [0.05, 0.1) is 10.6 Å². The predicted octanol–water partition coefficient (Wildman–Crippen LogP) is 3.83. The molecule has 0 N–H and O–H groups in total. The van der Waals surface area contributed by atoms with Crippen molar-refractivity contribution in [3.05, 3.63) is 53.6 Å². The van der Waals surface area contributed by atoms with Crippen molar-refractivity contribution in [2.45, 2.75) is 31.5 Å². The second-order valence-electron chi connectivity index (χ2n) is 6.85. The minimum atomic E-state index is -4.56. The van der Waals surface area contributed by atoms with Gasteiger partial charge in [-0.05, 0) is 36.4 Å². The zero-order chi connectivity index (χ0) is 20.4. The monoisotopic (exact) mass is 421 g/mol. The smallest absolute Gasteiger partial charge is 0.340 e. The Kier molecular flexibility index (Phi) is 5.35. The third-order valence-corrected chi connectivity index (χ3v) is 5.70. The summed E-state index contributed by atoms with van der Waals surface area (Å²) in [6.07, 6.45) is 0.0472. The molecule has 6 nitrogen and oxygen atoms in total. The molecule has 4 rings (SSSR count). The Balaban J connectivity index is 1.59. The van der Waals surface area contributed by atoms with Gasteiger partial charge < -0.3 is 4.90 Å². The lowest BCUT2D eigenvalue weighted by Crippen LogP contribution is -2.41. The lowest BCUT2D eigenvalue weighted by molar-refractivity contribution is -0.141. The van der Waals surface area contributed by atoms with E-state index >= 15 is 0 Å². The van der Waals surface area contributed by atoms with Gasteiger partial charge in [-0.25, -0.2) is 9.97 Å². The molecular formula is C19H18F3N5OS. The Hall–Kier alpha value is -2.75. The largest absolute Gasteiger partial charge is 0.433 e. The standard InChI is InChI=1S/C19H18F3N5OS/c20-19(21,22)16-10-14(15-5-2-9-29-15)24-18(25-16)13-4-1-7-26(11-13)17(28)12-27-8-3-6-23-27/h2-3,5-6,8-10,13H,1,4,7,11-12H2/t13-/m1/s1. The molecule has 152 valence electrons. The quantitative estimate of drug-likeness (QED) is 0.642. The summed E-state index contributed by atoms with van der Waals surface area (Å²) in [6, 6.07) is 6.22. The zero-order valence-corrected chi connectivity index (χ0v) is 16.2. The maximum atomic E-state index is 13.4. The van der Waals surface area contributed by atoms with Crippen molar-refractivity contribution in [2.24, 2.45) is 0 Å². The molecule has 0 radical (unpaired) electrons. The molecule has 1 amide bonds. The van der Waals surface area contributed by atoms with Crippen LogP contribution >= 0.6 is 11.3 Å². The predicted molar refractivity (Wildman–Crippen MR) is 101 cm³/mol. The van der Waals surface area contributed by atoms with Crippen LogP contribution in [0.25, 0.3) is 10.6 Å². The lowest BCUT2D eigenvalue weighted by atomic mass is 9.96. The van der Waals surface area contributed by atoms with E-state index in [0.717, 1.165) is 6.07 Å². The minimum Gasteiger partial charge on any atom is -0.340 e. The molecule has 1 atom stereocenters. The molecule has 1 fully saturated rings. The molecule has 0 saturated carbocycles. The number of likely N-dealkylation sites (tertiary alicyclic amines) is 1. The summed E-state index contributed by atoms with van der Waals surface area (Å²) in [5.74, 6) is -0.324. The summed E-state index contributed by atoms with van der Waals surface area (Å²) in [6.45, 7) is 0.961. The van der Waals surface area contributed by atoms with E-state index in [-0.39, 0.29) is 29.9 Å². The number of hydrogen-bond donors (Lipinski definition) is 0. The summed E-state index contributed by atoms with van der Waals surface area (Å²) >= 11 is 1.33. The number of piperidine rings is 1. The number of halogens is 3. The summed E-state index contributed by atoms with van der Waals surface area (Å²) in [7, 11) is 0. The molecule has 29 heavy (non-hydrogen) atoms. The molecule has 3 aromatic rings. The number of thiophene rings is 1. The summed E-state index contributed by atoms with van der Waals surface area (Å²) in [5, 5.41) is 5.82. The van der Waals surface area contributed by atoms with Crippen LogP contribution in [0, 0.1) is 0 Å². The van der Waals surface area contributed by atoms with Crippen molar-refractivity contribution in [1.29, 1.82) is 0 Å². The fourth-order valence-corrected chi connectivity index (χ4v) is 4.08. The highest BCUT2D eigenvalue weighted by Crippen LogP contribution is 2.34. The molecular weight excluding hydrogens is 403 g/mol. The number of rotatable bonds is 4. The average molecular weight is 421 g/mol. The van der Waals surface area contributed by atoms with Gasteiger partial charge in [-0.2, -0.15) is 18.3 Å². The first-order valence-electron chi connectivity index (χ1n) is 9.15. The third-order valence-electron chi connectivity index (χ3n) is 4.80. The molecule has 1 aliphatic rings. The van der Waals surface area contributed by atoms with Gasteiger partial charge >= 0.3 is 6.18 Å². The highest BCUT2D eigenvalue weighted by Gasteiger charge is 2.35. The number of hydrogen-bond acceptors (Lipinski definition) is 5. The van der Waals surface area contributed by atoms with Crippen molar-refractivity contribution in [3.63, 3.8) is 0 Å². The van der Waals surface area contributed by atoms with Gasteiger partial charge in [0.25, 0.3) is 0 Å². The summed E-state index contributed by atoms with van der Waals surface area (Å²) < 4.78 is 41.8. The normalized spacial score (nSPS) is 17.5. The number of carbonyl (C=O) groups is 1. The molecule has 0 spiro atoms. The highest BCUT2D eigenvalue weighted by atomic mass is 32.1. The first kappa shape index (κ1) is 19.6. The van der Waals surface area contributed by atoms with Gasteiger partial charge in [0.2, 0.25) is 5.91 Å². The van der Waals surface area contributed by atoms with Crippen LogP contribution in [0.1, 0.15) is 30.3 Å². The maximum absolute atomic E-state index is 13.4. The molecule has 0 aliphatic carbocycles. The minimum absolute atomic E-state index is 0.101. The first-order chi connectivity index (χ1) is 13.9. The Morgan fingerprint density at radius 3 is 2.83 bits per heavy atom. The van der Waals surface area contributed by atoms with Gasteiger partial charge in [0, 0.05) is 31.4 Å². The van der Waals surface area contributed by atoms with E-state index < -0.39 is 11.9 Å². The van der Waals surface area contributed by atoms with Gasteiger partial charge in [0.15, 0.2) is 0 Å².